The zero-order valence-corrected chi connectivity index (χ0v) is 14.1. The van der Waals surface area contributed by atoms with E-state index >= 15 is 0 Å². The fourth-order valence-electron chi connectivity index (χ4n) is 2.62. The number of halogens is 1. The highest BCUT2D eigenvalue weighted by Crippen LogP contribution is 2.32. The molecule has 1 N–H and O–H groups in total. The molecule has 0 aliphatic carbocycles. The van der Waals surface area contributed by atoms with E-state index in [0.717, 1.165) is 47.7 Å². The van der Waals surface area contributed by atoms with E-state index in [0.29, 0.717) is 6.61 Å². The zero-order chi connectivity index (χ0) is 15.4. The lowest BCUT2D eigenvalue weighted by Gasteiger charge is -2.11. The molecule has 0 saturated carbocycles. The van der Waals surface area contributed by atoms with Crippen LogP contribution >= 0.6 is 15.9 Å². The van der Waals surface area contributed by atoms with E-state index in [9.17, 15) is 0 Å². The molecule has 0 bridgehead atoms. The molecule has 0 fully saturated rings. The first kappa shape index (κ1) is 15.3. The summed E-state index contributed by atoms with van der Waals surface area (Å²) in [6.07, 6.45) is 4.58. The van der Waals surface area contributed by atoms with Crippen LogP contribution in [-0.2, 0) is 19.5 Å². The first-order valence-corrected chi connectivity index (χ1v) is 8.27. The number of rotatable bonds is 6. The molecule has 0 atom stereocenters. The van der Waals surface area contributed by atoms with Gasteiger partial charge in [-0.2, -0.15) is 0 Å². The first-order valence-electron chi connectivity index (χ1n) is 7.48. The van der Waals surface area contributed by atoms with E-state index in [4.69, 9.17) is 9.47 Å². The van der Waals surface area contributed by atoms with Gasteiger partial charge in [0.1, 0.15) is 11.5 Å². The molecule has 0 unspecified atom stereocenters. The fourth-order valence-corrected chi connectivity index (χ4v) is 3.18. The third-order valence-electron chi connectivity index (χ3n) is 3.55. The number of aromatic nitrogens is 1. The lowest BCUT2D eigenvalue weighted by molar-refractivity contribution is 0.338. The number of ether oxygens (including phenoxy) is 2. The Labute approximate surface area is 139 Å². The molecule has 2 heterocycles. The van der Waals surface area contributed by atoms with Gasteiger partial charge < -0.3 is 14.8 Å². The van der Waals surface area contributed by atoms with Crippen LogP contribution in [0.3, 0.4) is 0 Å². The molecule has 0 amide bonds. The van der Waals surface area contributed by atoms with Gasteiger partial charge in [-0.1, -0.05) is 15.9 Å². The average molecular weight is 363 g/mol. The maximum absolute atomic E-state index is 5.75. The molecule has 1 aromatic carbocycles. The summed E-state index contributed by atoms with van der Waals surface area (Å²) in [6, 6.07) is 6.28. The largest absolute Gasteiger partial charge is 0.493 e. The lowest BCUT2D eigenvalue weighted by Crippen LogP contribution is -2.13. The monoisotopic (exact) mass is 362 g/mol. The Morgan fingerprint density at radius 1 is 1.27 bits per heavy atom. The Bertz CT molecular complexity index is 661. The van der Waals surface area contributed by atoms with Gasteiger partial charge in [0.05, 0.1) is 19.4 Å². The van der Waals surface area contributed by atoms with E-state index in [2.05, 4.69) is 38.4 Å². The average Bonchev–Trinajstić information content (AvgIpc) is 2.96. The molecular formula is C17H19BrN2O2. The van der Waals surface area contributed by atoms with Gasteiger partial charge in [-0.05, 0) is 36.2 Å². The molecule has 22 heavy (non-hydrogen) atoms. The summed E-state index contributed by atoms with van der Waals surface area (Å²) >= 11 is 3.57. The molecule has 116 valence electrons. The highest BCUT2D eigenvalue weighted by atomic mass is 79.9. The number of nitrogens with zero attached hydrogens (tertiary/aromatic N) is 1. The van der Waals surface area contributed by atoms with Gasteiger partial charge in [-0.15, -0.1) is 0 Å². The molecule has 2 aromatic rings. The smallest absolute Gasteiger partial charge is 0.137 e. The number of fused-ring (bicyclic) bond motifs is 1. The van der Waals surface area contributed by atoms with Crippen LogP contribution in [0.15, 0.2) is 35.1 Å². The maximum Gasteiger partial charge on any atom is 0.137 e. The first-order chi connectivity index (χ1) is 10.8. The Kier molecular flexibility index (Phi) is 4.95. The fraction of sp³-hybridized carbons (Fsp3) is 0.353. The standard InChI is InChI=1S/C17H19BrN2O2/c1-2-21-16-5-12(9-20-11-16)8-19-10-14-7-15(18)6-13-3-4-22-17(13)14/h5-7,9,11,19H,2-4,8,10H2,1H3. The van der Waals surface area contributed by atoms with Crippen LogP contribution in [0.25, 0.3) is 0 Å². The molecule has 1 aliphatic heterocycles. The van der Waals surface area contributed by atoms with Gasteiger partial charge in [-0.25, -0.2) is 0 Å². The second-order valence-corrected chi connectivity index (χ2v) is 6.13. The van der Waals surface area contributed by atoms with Gasteiger partial charge in [0.15, 0.2) is 0 Å². The maximum atomic E-state index is 5.75. The van der Waals surface area contributed by atoms with Crippen molar-refractivity contribution in [2.24, 2.45) is 0 Å². The topological polar surface area (TPSA) is 43.4 Å². The van der Waals surface area contributed by atoms with Crippen molar-refractivity contribution in [1.29, 1.82) is 0 Å². The zero-order valence-electron chi connectivity index (χ0n) is 12.6. The summed E-state index contributed by atoms with van der Waals surface area (Å²) in [5, 5.41) is 3.45. The van der Waals surface area contributed by atoms with Crippen LogP contribution in [-0.4, -0.2) is 18.2 Å². The Morgan fingerprint density at radius 3 is 3.05 bits per heavy atom. The van der Waals surface area contributed by atoms with Crippen molar-refractivity contribution in [3.63, 3.8) is 0 Å². The quantitative estimate of drug-likeness (QED) is 0.854. The Balaban J connectivity index is 1.63. The van der Waals surface area contributed by atoms with Crippen molar-refractivity contribution in [1.82, 2.24) is 10.3 Å². The van der Waals surface area contributed by atoms with Crippen molar-refractivity contribution < 1.29 is 9.47 Å². The second-order valence-electron chi connectivity index (χ2n) is 5.22. The van der Waals surface area contributed by atoms with E-state index in [1.54, 1.807) is 6.20 Å². The number of hydrogen-bond acceptors (Lipinski definition) is 4. The van der Waals surface area contributed by atoms with E-state index in [1.165, 1.54) is 11.1 Å². The van der Waals surface area contributed by atoms with E-state index in [-0.39, 0.29) is 0 Å². The van der Waals surface area contributed by atoms with Gasteiger partial charge >= 0.3 is 0 Å². The van der Waals surface area contributed by atoms with Crippen LogP contribution in [0.2, 0.25) is 0 Å². The number of hydrogen-bond donors (Lipinski definition) is 1. The Morgan fingerprint density at radius 2 is 2.18 bits per heavy atom. The van der Waals surface area contributed by atoms with Crippen molar-refractivity contribution in [3.05, 3.63) is 51.8 Å². The summed E-state index contributed by atoms with van der Waals surface area (Å²) in [7, 11) is 0. The SMILES string of the molecule is CCOc1cncc(CNCc2cc(Br)cc3c2OCC3)c1. The third kappa shape index (κ3) is 3.59. The summed E-state index contributed by atoms with van der Waals surface area (Å²) in [4.78, 5) is 4.20. The predicted octanol–water partition coefficient (Wildman–Crippen LogP) is 3.47. The molecule has 0 radical (unpaired) electrons. The summed E-state index contributed by atoms with van der Waals surface area (Å²) in [5.41, 5.74) is 3.58. The number of pyridine rings is 1. The molecule has 3 rings (SSSR count). The van der Waals surface area contributed by atoms with E-state index < -0.39 is 0 Å². The van der Waals surface area contributed by atoms with Crippen LogP contribution in [0.5, 0.6) is 11.5 Å². The van der Waals surface area contributed by atoms with Gasteiger partial charge in [0.2, 0.25) is 0 Å². The summed E-state index contributed by atoms with van der Waals surface area (Å²) in [5.74, 6) is 1.85. The summed E-state index contributed by atoms with van der Waals surface area (Å²) < 4.78 is 12.3. The van der Waals surface area contributed by atoms with Crippen LogP contribution in [0.4, 0.5) is 0 Å². The highest BCUT2D eigenvalue weighted by molar-refractivity contribution is 9.10. The molecule has 0 spiro atoms. The molecule has 4 nitrogen and oxygen atoms in total. The van der Waals surface area contributed by atoms with Gasteiger partial charge in [-0.3, -0.25) is 4.98 Å². The normalized spacial score (nSPS) is 12.8. The lowest BCUT2D eigenvalue weighted by atomic mass is 10.1. The predicted molar refractivity (Wildman–Crippen MR) is 89.3 cm³/mol. The van der Waals surface area contributed by atoms with E-state index in [1.807, 2.05) is 19.2 Å². The number of nitrogens with one attached hydrogen (secondary N) is 1. The van der Waals surface area contributed by atoms with Crippen LogP contribution < -0.4 is 14.8 Å². The number of benzene rings is 1. The minimum absolute atomic E-state index is 0.653. The minimum atomic E-state index is 0.653. The van der Waals surface area contributed by atoms with Crippen LogP contribution in [0, 0.1) is 0 Å². The molecule has 1 aromatic heterocycles. The van der Waals surface area contributed by atoms with Crippen molar-refractivity contribution >= 4 is 15.9 Å². The summed E-state index contributed by atoms with van der Waals surface area (Å²) in [6.45, 7) is 4.91. The van der Waals surface area contributed by atoms with Crippen molar-refractivity contribution in [3.8, 4) is 11.5 Å². The van der Waals surface area contributed by atoms with Crippen molar-refractivity contribution in [2.45, 2.75) is 26.4 Å². The van der Waals surface area contributed by atoms with Crippen molar-refractivity contribution in [2.75, 3.05) is 13.2 Å². The Hall–Kier alpha value is -1.59. The van der Waals surface area contributed by atoms with Gasteiger partial charge in [0, 0.05) is 35.7 Å². The van der Waals surface area contributed by atoms with Crippen LogP contribution in [0.1, 0.15) is 23.6 Å². The molecule has 5 heteroatoms. The molecule has 0 saturated heterocycles. The second kappa shape index (κ2) is 7.11. The molecule has 1 aliphatic rings. The third-order valence-corrected chi connectivity index (χ3v) is 4.01. The highest BCUT2D eigenvalue weighted by Gasteiger charge is 2.17. The van der Waals surface area contributed by atoms with Gasteiger partial charge in [0.25, 0.3) is 0 Å². The minimum Gasteiger partial charge on any atom is -0.493 e. The molecular weight excluding hydrogens is 344 g/mol.